The molecule has 0 bridgehead atoms. The number of anilines is 1. The number of rotatable bonds is 6. The second-order valence-corrected chi connectivity index (χ2v) is 10.7. The van der Waals surface area contributed by atoms with Gasteiger partial charge in [0.2, 0.25) is 0 Å². The molecular formula is C30H31N3O6. The van der Waals surface area contributed by atoms with Crippen LogP contribution in [-0.4, -0.2) is 35.1 Å². The van der Waals surface area contributed by atoms with Gasteiger partial charge in [-0.05, 0) is 35.1 Å². The van der Waals surface area contributed by atoms with Gasteiger partial charge in [0.15, 0.2) is 5.78 Å². The number of ether oxygens (including phenoxy) is 2. The van der Waals surface area contributed by atoms with Crippen LogP contribution in [0.25, 0.3) is 0 Å². The molecule has 0 fully saturated rings. The van der Waals surface area contributed by atoms with Crippen LogP contribution in [0.3, 0.4) is 0 Å². The molecule has 2 heterocycles. The molecule has 1 aliphatic heterocycles. The fourth-order valence-corrected chi connectivity index (χ4v) is 5.56. The summed E-state index contributed by atoms with van der Waals surface area (Å²) in [6, 6.07) is 16.6. The van der Waals surface area contributed by atoms with Crippen LogP contribution in [-0.2, 0) is 27.4 Å². The van der Waals surface area contributed by atoms with Gasteiger partial charge in [-0.15, -0.1) is 0 Å². The van der Waals surface area contributed by atoms with Crippen LogP contribution < -0.4 is 21.3 Å². The van der Waals surface area contributed by atoms with E-state index in [9.17, 15) is 19.2 Å². The van der Waals surface area contributed by atoms with Gasteiger partial charge in [-0.3, -0.25) is 19.0 Å². The van der Waals surface area contributed by atoms with Crippen LogP contribution in [0.4, 0.5) is 5.82 Å². The van der Waals surface area contributed by atoms with E-state index < -0.39 is 29.7 Å². The number of aromatic nitrogens is 2. The molecule has 1 N–H and O–H groups in total. The number of hydrogen-bond donors (Lipinski definition) is 1. The van der Waals surface area contributed by atoms with Crippen LogP contribution in [0.2, 0.25) is 0 Å². The Kier molecular flexibility index (Phi) is 6.76. The summed E-state index contributed by atoms with van der Waals surface area (Å²) in [5.74, 6) is -0.541. The van der Waals surface area contributed by atoms with Crippen molar-refractivity contribution < 1.29 is 19.1 Å². The number of carbonyl (C=O) groups excluding carboxylic acids is 2. The first-order chi connectivity index (χ1) is 18.6. The van der Waals surface area contributed by atoms with Crippen LogP contribution >= 0.6 is 0 Å². The third-order valence-corrected chi connectivity index (χ3v) is 7.38. The number of Topliss-reactive ketones (excluding diaryl/α,β-unsaturated/α-hetero) is 1. The highest BCUT2D eigenvalue weighted by Crippen LogP contribution is 2.48. The number of benzene rings is 2. The third kappa shape index (κ3) is 4.80. The van der Waals surface area contributed by atoms with Crippen molar-refractivity contribution >= 4 is 17.6 Å². The summed E-state index contributed by atoms with van der Waals surface area (Å²) in [6.07, 6.45) is 0.903. The van der Waals surface area contributed by atoms with Gasteiger partial charge < -0.3 is 14.8 Å². The summed E-state index contributed by atoms with van der Waals surface area (Å²) in [7, 11) is 2.77. The van der Waals surface area contributed by atoms with Gasteiger partial charge in [-0.25, -0.2) is 9.36 Å². The monoisotopic (exact) mass is 529 g/mol. The smallest absolute Gasteiger partial charge is 0.333 e. The number of fused-ring (bicyclic) bond motifs is 1. The van der Waals surface area contributed by atoms with E-state index >= 15 is 0 Å². The summed E-state index contributed by atoms with van der Waals surface area (Å²) >= 11 is 0. The minimum absolute atomic E-state index is 0.0556. The quantitative estimate of drug-likeness (QED) is 0.488. The first-order valence-corrected chi connectivity index (χ1v) is 12.8. The van der Waals surface area contributed by atoms with E-state index in [4.69, 9.17) is 9.47 Å². The van der Waals surface area contributed by atoms with Gasteiger partial charge >= 0.3 is 11.7 Å². The standard InChI is InChI=1S/C30H31N3O6/c1-30(2)14-21-25(22(34)15-30)24(19-10-12-20(38-3)13-11-19)26-27(31-21)32(16-18-8-6-5-7-9-18)29(37)33(28(26)36)17-23(35)39-4/h5-13,24,31H,14-17H2,1-4H3/t24-/m0/s1. The van der Waals surface area contributed by atoms with Crippen LogP contribution in [0.5, 0.6) is 5.75 Å². The maximum atomic E-state index is 14.0. The summed E-state index contributed by atoms with van der Waals surface area (Å²) in [5.41, 5.74) is 1.44. The predicted molar refractivity (Wildman–Crippen MR) is 146 cm³/mol. The van der Waals surface area contributed by atoms with Gasteiger partial charge in [0.25, 0.3) is 5.56 Å². The number of ketones is 1. The van der Waals surface area contributed by atoms with Crippen LogP contribution in [0, 0.1) is 5.41 Å². The van der Waals surface area contributed by atoms with E-state index in [0.717, 1.165) is 10.1 Å². The molecule has 0 spiro atoms. The highest BCUT2D eigenvalue weighted by atomic mass is 16.5. The number of allylic oxidation sites excluding steroid dienone is 2. The maximum Gasteiger partial charge on any atom is 0.333 e. The van der Waals surface area contributed by atoms with Crippen molar-refractivity contribution in [2.24, 2.45) is 5.41 Å². The number of nitrogens with zero attached hydrogens (tertiary/aromatic N) is 2. The zero-order valence-corrected chi connectivity index (χ0v) is 22.4. The maximum absolute atomic E-state index is 14.0. The Balaban J connectivity index is 1.82. The molecule has 9 nitrogen and oxygen atoms in total. The molecule has 0 amide bonds. The van der Waals surface area contributed by atoms with E-state index in [1.165, 1.54) is 11.7 Å². The fourth-order valence-electron chi connectivity index (χ4n) is 5.56. The molecular weight excluding hydrogens is 498 g/mol. The zero-order valence-electron chi connectivity index (χ0n) is 22.4. The third-order valence-electron chi connectivity index (χ3n) is 7.38. The number of esters is 1. The zero-order chi connectivity index (χ0) is 27.9. The number of methoxy groups -OCH3 is 2. The molecule has 0 radical (unpaired) electrons. The van der Waals surface area contributed by atoms with Crippen molar-refractivity contribution in [3.63, 3.8) is 0 Å². The van der Waals surface area contributed by atoms with E-state index in [1.54, 1.807) is 19.2 Å². The number of nitrogens with one attached hydrogen (secondary N) is 1. The van der Waals surface area contributed by atoms with Crippen LogP contribution in [0.15, 0.2) is 75.5 Å². The SMILES string of the molecule is COC(=O)Cn1c(=O)c2c(n(Cc3ccccc3)c1=O)NC1=C(C(=O)CC(C)(C)C1)[C@@H]2c1ccc(OC)cc1. The lowest BCUT2D eigenvalue weighted by molar-refractivity contribution is -0.141. The van der Waals surface area contributed by atoms with Crippen molar-refractivity contribution in [3.05, 3.63) is 103 Å². The van der Waals surface area contributed by atoms with Gasteiger partial charge in [-0.2, -0.15) is 0 Å². The van der Waals surface area contributed by atoms with E-state index in [-0.39, 0.29) is 23.3 Å². The molecule has 2 aromatic carbocycles. The second kappa shape index (κ2) is 10.1. The summed E-state index contributed by atoms with van der Waals surface area (Å²) < 4.78 is 12.5. The first kappa shape index (κ1) is 26.2. The first-order valence-electron chi connectivity index (χ1n) is 12.8. The van der Waals surface area contributed by atoms with Crippen molar-refractivity contribution in [3.8, 4) is 5.75 Å². The topological polar surface area (TPSA) is 109 Å². The predicted octanol–water partition coefficient (Wildman–Crippen LogP) is 3.44. The fraction of sp³-hybridized carbons (Fsp3) is 0.333. The lowest BCUT2D eigenvalue weighted by Gasteiger charge is -2.39. The number of carbonyl (C=O) groups is 2. The molecule has 202 valence electrons. The lowest BCUT2D eigenvalue weighted by Crippen LogP contribution is -2.47. The molecule has 0 saturated heterocycles. The summed E-state index contributed by atoms with van der Waals surface area (Å²) in [4.78, 5) is 53.7. The molecule has 3 aromatic rings. The average molecular weight is 530 g/mol. The molecule has 1 aliphatic carbocycles. The molecule has 5 rings (SSSR count). The Morgan fingerprint density at radius 2 is 1.67 bits per heavy atom. The molecule has 0 saturated carbocycles. The molecule has 9 heteroatoms. The Morgan fingerprint density at radius 3 is 2.31 bits per heavy atom. The van der Waals surface area contributed by atoms with Gasteiger partial charge in [0, 0.05) is 23.6 Å². The Morgan fingerprint density at radius 1 is 0.974 bits per heavy atom. The Bertz CT molecular complexity index is 1600. The van der Waals surface area contributed by atoms with E-state index in [1.807, 2.05) is 56.3 Å². The van der Waals surface area contributed by atoms with Gasteiger partial charge in [0.1, 0.15) is 18.1 Å². The number of hydrogen-bond acceptors (Lipinski definition) is 7. The summed E-state index contributed by atoms with van der Waals surface area (Å²) in [6.45, 7) is 3.67. The largest absolute Gasteiger partial charge is 0.497 e. The van der Waals surface area contributed by atoms with Crippen LogP contribution in [0.1, 0.15) is 49.3 Å². The minimum Gasteiger partial charge on any atom is -0.497 e. The second-order valence-electron chi connectivity index (χ2n) is 10.7. The molecule has 1 atom stereocenters. The summed E-state index contributed by atoms with van der Waals surface area (Å²) in [5, 5.41) is 3.34. The highest BCUT2D eigenvalue weighted by Gasteiger charge is 2.43. The van der Waals surface area contributed by atoms with Crippen molar-refractivity contribution in [2.45, 2.75) is 45.7 Å². The molecule has 1 aromatic heterocycles. The average Bonchev–Trinajstić information content (AvgIpc) is 2.92. The normalized spacial score (nSPS) is 17.6. The van der Waals surface area contributed by atoms with Crippen molar-refractivity contribution in [1.82, 2.24) is 9.13 Å². The van der Waals surface area contributed by atoms with Gasteiger partial charge in [0.05, 0.1) is 26.3 Å². The minimum atomic E-state index is -0.732. The van der Waals surface area contributed by atoms with E-state index in [2.05, 4.69) is 5.32 Å². The van der Waals surface area contributed by atoms with Gasteiger partial charge in [-0.1, -0.05) is 56.3 Å². The van der Waals surface area contributed by atoms with E-state index in [0.29, 0.717) is 41.2 Å². The lowest BCUT2D eigenvalue weighted by atomic mass is 9.69. The Labute approximate surface area is 225 Å². The highest BCUT2D eigenvalue weighted by molar-refractivity contribution is 6.01. The van der Waals surface area contributed by atoms with Crippen molar-refractivity contribution in [1.29, 1.82) is 0 Å². The Hall–Kier alpha value is -4.40. The molecule has 0 unspecified atom stereocenters. The van der Waals surface area contributed by atoms with Crippen molar-refractivity contribution in [2.75, 3.05) is 19.5 Å². The molecule has 39 heavy (non-hydrogen) atoms. The molecule has 2 aliphatic rings.